The monoisotopic (exact) mass is 291 g/mol. The van der Waals surface area contributed by atoms with Crippen LogP contribution in [0.3, 0.4) is 0 Å². The first-order chi connectivity index (χ1) is 9.40. The number of alkyl halides is 4. The fraction of sp³-hybridized carbons (Fsp3) is 0.571. The molecule has 0 unspecified atom stereocenters. The van der Waals surface area contributed by atoms with Gasteiger partial charge in [-0.1, -0.05) is 25.0 Å². The number of hydrogen-bond acceptors (Lipinski definition) is 2. The molecule has 1 saturated carbocycles. The van der Waals surface area contributed by atoms with Crippen molar-refractivity contribution in [1.29, 1.82) is 0 Å². The average Bonchev–Trinajstić information content (AvgIpc) is 2.92. The normalized spacial score (nSPS) is 18.5. The Balaban J connectivity index is 2.02. The van der Waals surface area contributed by atoms with E-state index in [1.165, 1.54) is 12.1 Å². The second-order valence-corrected chi connectivity index (χ2v) is 5.10. The average molecular weight is 291 g/mol. The SMILES string of the molecule is N[C@@H](c1ccc(OC(F)(F)C(F)F)cc1)C1CCCC1. The van der Waals surface area contributed by atoms with Gasteiger partial charge in [-0.2, -0.15) is 17.6 Å². The fourth-order valence-corrected chi connectivity index (χ4v) is 2.55. The van der Waals surface area contributed by atoms with Crippen molar-refractivity contribution < 1.29 is 22.3 Å². The molecule has 1 aliphatic rings. The number of ether oxygens (including phenoxy) is 1. The van der Waals surface area contributed by atoms with Gasteiger partial charge in [0.25, 0.3) is 0 Å². The van der Waals surface area contributed by atoms with Gasteiger partial charge in [-0.3, -0.25) is 0 Å². The lowest BCUT2D eigenvalue weighted by molar-refractivity contribution is -0.253. The molecule has 0 spiro atoms. The molecule has 2 rings (SSSR count). The number of benzene rings is 1. The molecule has 20 heavy (non-hydrogen) atoms. The number of rotatable bonds is 5. The molecule has 6 heteroatoms. The second kappa shape index (κ2) is 5.99. The van der Waals surface area contributed by atoms with E-state index in [4.69, 9.17) is 5.73 Å². The van der Waals surface area contributed by atoms with Crippen LogP contribution in [0.2, 0.25) is 0 Å². The van der Waals surface area contributed by atoms with Crippen LogP contribution in [0.4, 0.5) is 17.6 Å². The molecule has 0 aromatic heterocycles. The van der Waals surface area contributed by atoms with E-state index in [9.17, 15) is 17.6 Å². The Hall–Kier alpha value is -1.30. The third-order valence-electron chi connectivity index (χ3n) is 3.68. The molecule has 1 aromatic carbocycles. The first kappa shape index (κ1) is 15.1. The molecule has 0 bridgehead atoms. The van der Waals surface area contributed by atoms with E-state index in [-0.39, 0.29) is 11.8 Å². The van der Waals surface area contributed by atoms with E-state index in [0.717, 1.165) is 31.2 Å². The van der Waals surface area contributed by atoms with Crippen LogP contribution in [0.25, 0.3) is 0 Å². The maximum absolute atomic E-state index is 12.7. The lowest BCUT2D eigenvalue weighted by atomic mass is 9.92. The minimum Gasteiger partial charge on any atom is -0.428 e. The standard InChI is InChI=1S/C14H17F4NO/c15-13(16)14(17,18)20-11-7-5-10(6-8-11)12(19)9-3-1-2-4-9/h5-9,12-13H,1-4,19H2/t12-/m1/s1. The van der Waals surface area contributed by atoms with Crippen molar-refractivity contribution in [3.63, 3.8) is 0 Å². The summed E-state index contributed by atoms with van der Waals surface area (Å²) in [4.78, 5) is 0. The smallest absolute Gasteiger partial charge is 0.428 e. The van der Waals surface area contributed by atoms with Gasteiger partial charge in [0.1, 0.15) is 5.75 Å². The summed E-state index contributed by atoms with van der Waals surface area (Å²) in [5, 5.41) is 0. The quantitative estimate of drug-likeness (QED) is 0.828. The topological polar surface area (TPSA) is 35.2 Å². The zero-order valence-electron chi connectivity index (χ0n) is 10.9. The Kier molecular flexibility index (Phi) is 4.52. The van der Waals surface area contributed by atoms with Crippen LogP contribution < -0.4 is 10.5 Å². The van der Waals surface area contributed by atoms with E-state index in [1.54, 1.807) is 12.1 Å². The molecule has 1 aliphatic carbocycles. The van der Waals surface area contributed by atoms with Gasteiger partial charge in [0, 0.05) is 6.04 Å². The summed E-state index contributed by atoms with van der Waals surface area (Å²) >= 11 is 0. The molecular formula is C14H17F4NO. The Bertz CT molecular complexity index is 429. The number of hydrogen-bond donors (Lipinski definition) is 1. The lowest BCUT2D eigenvalue weighted by Crippen LogP contribution is -2.33. The predicted molar refractivity (Wildman–Crippen MR) is 66.9 cm³/mol. The van der Waals surface area contributed by atoms with Crippen LogP contribution in [0.15, 0.2) is 24.3 Å². The van der Waals surface area contributed by atoms with E-state index in [1.807, 2.05) is 0 Å². The van der Waals surface area contributed by atoms with Crippen molar-refractivity contribution in [3.05, 3.63) is 29.8 Å². The zero-order chi connectivity index (χ0) is 14.8. The minimum atomic E-state index is -4.48. The summed E-state index contributed by atoms with van der Waals surface area (Å²) in [5.74, 6) is 0.0990. The summed E-state index contributed by atoms with van der Waals surface area (Å²) in [6.07, 6.45) is -3.91. The third kappa shape index (κ3) is 3.42. The van der Waals surface area contributed by atoms with Gasteiger partial charge in [0.2, 0.25) is 0 Å². The van der Waals surface area contributed by atoms with Crippen LogP contribution in [0.5, 0.6) is 5.75 Å². The largest absolute Gasteiger partial charge is 0.461 e. The molecule has 1 aromatic rings. The summed E-state index contributed by atoms with van der Waals surface area (Å²) < 4.78 is 53.5. The van der Waals surface area contributed by atoms with E-state index in [2.05, 4.69) is 4.74 Å². The molecule has 2 N–H and O–H groups in total. The van der Waals surface area contributed by atoms with Gasteiger partial charge < -0.3 is 10.5 Å². The van der Waals surface area contributed by atoms with Gasteiger partial charge >= 0.3 is 12.5 Å². The fourth-order valence-electron chi connectivity index (χ4n) is 2.55. The first-order valence-corrected chi connectivity index (χ1v) is 6.60. The third-order valence-corrected chi connectivity index (χ3v) is 3.68. The Morgan fingerprint density at radius 1 is 1.10 bits per heavy atom. The Labute approximate surface area is 114 Å². The number of nitrogens with two attached hydrogens (primary N) is 1. The summed E-state index contributed by atoms with van der Waals surface area (Å²) in [6, 6.07) is 5.46. The Morgan fingerprint density at radius 3 is 2.15 bits per heavy atom. The van der Waals surface area contributed by atoms with Crippen molar-refractivity contribution in [2.24, 2.45) is 11.7 Å². The summed E-state index contributed by atoms with van der Waals surface area (Å²) in [7, 11) is 0. The van der Waals surface area contributed by atoms with Crippen LogP contribution in [-0.4, -0.2) is 12.5 Å². The maximum atomic E-state index is 12.7. The molecule has 0 heterocycles. The van der Waals surface area contributed by atoms with Crippen molar-refractivity contribution in [3.8, 4) is 5.75 Å². The molecule has 112 valence electrons. The van der Waals surface area contributed by atoms with Crippen LogP contribution in [0.1, 0.15) is 37.3 Å². The van der Waals surface area contributed by atoms with Crippen molar-refractivity contribution in [1.82, 2.24) is 0 Å². The summed E-state index contributed by atoms with van der Waals surface area (Å²) in [6.45, 7) is 0. The van der Waals surface area contributed by atoms with Crippen molar-refractivity contribution in [2.75, 3.05) is 0 Å². The molecule has 0 radical (unpaired) electrons. The van der Waals surface area contributed by atoms with E-state index >= 15 is 0 Å². The van der Waals surface area contributed by atoms with Gasteiger partial charge in [0.05, 0.1) is 0 Å². The summed E-state index contributed by atoms with van der Waals surface area (Å²) in [5.41, 5.74) is 6.93. The van der Waals surface area contributed by atoms with Crippen molar-refractivity contribution in [2.45, 2.75) is 44.3 Å². The highest BCUT2D eigenvalue weighted by Gasteiger charge is 2.43. The van der Waals surface area contributed by atoms with Crippen LogP contribution in [0, 0.1) is 5.92 Å². The molecule has 0 amide bonds. The molecule has 0 saturated heterocycles. The predicted octanol–water partition coefficient (Wildman–Crippen LogP) is 4.11. The second-order valence-electron chi connectivity index (χ2n) is 5.10. The molecule has 1 atom stereocenters. The highest BCUT2D eigenvalue weighted by atomic mass is 19.3. The molecule has 2 nitrogen and oxygen atoms in total. The van der Waals surface area contributed by atoms with Gasteiger partial charge in [0.15, 0.2) is 0 Å². The zero-order valence-corrected chi connectivity index (χ0v) is 10.9. The van der Waals surface area contributed by atoms with Crippen molar-refractivity contribution >= 4 is 0 Å². The molecule has 0 aliphatic heterocycles. The maximum Gasteiger partial charge on any atom is 0.461 e. The lowest BCUT2D eigenvalue weighted by Gasteiger charge is -2.20. The Morgan fingerprint density at radius 2 is 1.65 bits per heavy atom. The van der Waals surface area contributed by atoms with Crippen LogP contribution in [-0.2, 0) is 0 Å². The van der Waals surface area contributed by atoms with Gasteiger partial charge in [-0.05, 0) is 36.5 Å². The first-order valence-electron chi connectivity index (χ1n) is 6.60. The van der Waals surface area contributed by atoms with E-state index in [0.29, 0.717) is 5.92 Å². The van der Waals surface area contributed by atoms with Crippen LogP contribution >= 0.6 is 0 Å². The molecule has 1 fully saturated rings. The number of halogens is 4. The highest BCUT2D eigenvalue weighted by molar-refractivity contribution is 5.29. The van der Waals surface area contributed by atoms with Gasteiger partial charge in [-0.25, -0.2) is 0 Å². The van der Waals surface area contributed by atoms with Gasteiger partial charge in [-0.15, -0.1) is 0 Å². The minimum absolute atomic E-state index is 0.151. The molecular weight excluding hydrogens is 274 g/mol. The highest BCUT2D eigenvalue weighted by Crippen LogP contribution is 2.35. The van der Waals surface area contributed by atoms with E-state index < -0.39 is 12.5 Å².